The van der Waals surface area contributed by atoms with Crippen LogP contribution in [-0.2, 0) is 16.9 Å². The summed E-state index contributed by atoms with van der Waals surface area (Å²) in [5, 5.41) is 15.6. The van der Waals surface area contributed by atoms with E-state index in [1.54, 1.807) is 11.0 Å². The summed E-state index contributed by atoms with van der Waals surface area (Å²) in [6, 6.07) is 10.1. The number of aliphatic hydroxyl groups is 1. The van der Waals surface area contributed by atoms with E-state index in [-0.39, 0.29) is 17.9 Å². The van der Waals surface area contributed by atoms with Crippen LogP contribution in [0.15, 0.2) is 43.0 Å². The molecule has 2 fully saturated rings. The van der Waals surface area contributed by atoms with Gasteiger partial charge in [-0.25, -0.2) is 4.98 Å². The van der Waals surface area contributed by atoms with E-state index in [0.29, 0.717) is 25.9 Å². The Balaban J connectivity index is 1.52. The SMILES string of the molecule is O=C(CCn1cncn1)N1CC[C@](O)(c2ccccc2)[C@@H]2CCCC[C@H]21. The van der Waals surface area contributed by atoms with E-state index in [1.165, 1.54) is 6.33 Å². The van der Waals surface area contributed by atoms with Crippen molar-refractivity contribution in [3.05, 3.63) is 48.5 Å². The molecule has 1 saturated heterocycles. The van der Waals surface area contributed by atoms with E-state index >= 15 is 0 Å². The van der Waals surface area contributed by atoms with Crippen LogP contribution in [0.4, 0.5) is 0 Å². The molecule has 4 rings (SSSR count). The summed E-state index contributed by atoms with van der Waals surface area (Å²) in [7, 11) is 0. The van der Waals surface area contributed by atoms with Gasteiger partial charge in [0.2, 0.25) is 5.91 Å². The maximum absolute atomic E-state index is 12.9. The van der Waals surface area contributed by atoms with Crippen molar-refractivity contribution < 1.29 is 9.90 Å². The molecule has 1 aromatic heterocycles. The lowest BCUT2D eigenvalue weighted by Crippen LogP contribution is -2.59. The van der Waals surface area contributed by atoms with E-state index < -0.39 is 5.60 Å². The highest BCUT2D eigenvalue weighted by Crippen LogP contribution is 2.47. The van der Waals surface area contributed by atoms with Crippen molar-refractivity contribution in [3.8, 4) is 0 Å². The normalized spacial score (nSPS) is 28.6. The fourth-order valence-electron chi connectivity index (χ4n) is 4.78. The van der Waals surface area contributed by atoms with Crippen LogP contribution < -0.4 is 0 Å². The quantitative estimate of drug-likeness (QED) is 0.915. The van der Waals surface area contributed by atoms with Gasteiger partial charge in [-0.2, -0.15) is 5.10 Å². The maximum Gasteiger partial charge on any atom is 0.224 e. The molecule has 1 amide bonds. The monoisotopic (exact) mass is 354 g/mol. The van der Waals surface area contributed by atoms with Gasteiger partial charge < -0.3 is 10.0 Å². The number of hydrogen-bond acceptors (Lipinski definition) is 4. The number of aromatic nitrogens is 3. The molecule has 6 nitrogen and oxygen atoms in total. The Kier molecular flexibility index (Phi) is 4.76. The zero-order chi connectivity index (χ0) is 18.0. The minimum Gasteiger partial charge on any atom is -0.385 e. The van der Waals surface area contributed by atoms with Crippen LogP contribution in [0.25, 0.3) is 0 Å². The van der Waals surface area contributed by atoms with Gasteiger partial charge >= 0.3 is 0 Å². The van der Waals surface area contributed by atoms with Gasteiger partial charge in [0.05, 0.1) is 12.1 Å². The van der Waals surface area contributed by atoms with Crippen molar-refractivity contribution in [2.75, 3.05) is 6.54 Å². The Bertz CT molecular complexity index is 734. The van der Waals surface area contributed by atoms with Gasteiger partial charge in [0, 0.05) is 24.9 Å². The minimum atomic E-state index is -0.824. The number of fused-ring (bicyclic) bond motifs is 1. The van der Waals surface area contributed by atoms with Crippen molar-refractivity contribution in [2.24, 2.45) is 5.92 Å². The van der Waals surface area contributed by atoms with Crippen LogP contribution in [0.2, 0.25) is 0 Å². The highest BCUT2D eigenvalue weighted by atomic mass is 16.3. The summed E-state index contributed by atoms with van der Waals surface area (Å²) < 4.78 is 1.69. The summed E-state index contributed by atoms with van der Waals surface area (Å²) in [5.74, 6) is 0.273. The second kappa shape index (κ2) is 7.19. The first-order chi connectivity index (χ1) is 12.7. The number of rotatable bonds is 4. The van der Waals surface area contributed by atoms with Gasteiger partial charge in [0.1, 0.15) is 12.7 Å². The van der Waals surface area contributed by atoms with Gasteiger partial charge in [0.15, 0.2) is 0 Å². The number of carbonyl (C=O) groups is 1. The zero-order valence-electron chi connectivity index (χ0n) is 15.0. The number of nitrogens with zero attached hydrogens (tertiary/aromatic N) is 4. The summed E-state index contributed by atoms with van der Waals surface area (Å²) in [6.07, 6.45) is 8.36. The van der Waals surface area contributed by atoms with E-state index in [2.05, 4.69) is 10.1 Å². The predicted octanol–water partition coefficient (Wildman–Crippen LogP) is 2.35. The molecule has 138 valence electrons. The van der Waals surface area contributed by atoms with Gasteiger partial charge in [0.25, 0.3) is 0 Å². The molecular formula is C20H26N4O2. The van der Waals surface area contributed by atoms with Crippen LogP contribution in [0, 0.1) is 5.92 Å². The molecule has 1 aromatic carbocycles. The topological polar surface area (TPSA) is 71.2 Å². The average Bonchev–Trinajstić information content (AvgIpc) is 3.21. The number of piperidine rings is 1. The summed E-state index contributed by atoms with van der Waals surface area (Å²) in [5.41, 5.74) is 0.168. The van der Waals surface area contributed by atoms with Crippen LogP contribution in [0.1, 0.15) is 44.1 Å². The van der Waals surface area contributed by atoms with Crippen LogP contribution in [0.3, 0.4) is 0 Å². The second-order valence-corrected chi connectivity index (χ2v) is 7.49. The van der Waals surface area contributed by atoms with Crippen molar-refractivity contribution >= 4 is 5.91 Å². The average molecular weight is 354 g/mol. The first-order valence-electron chi connectivity index (χ1n) is 9.58. The Morgan fingerprint density at radius 1 is 1.23 bits per heavy atom. The smallest absolute Gasteiger partial charge is 0.224 e. The summed E-state index contributed by atoms with van der Waals surface area (Å²) >= 11 is 0. The Labute approximate surface area is 153 Å². The van der Waals surface area contributed by atoms with Gasteiger partial charge in [-0.1, -0.05) is 43.2 Å². The molecular weight excluding hydrogens is 328 g/mol. The largest absolute Gasteiger partial charge is 0.385 e. The van der Waals surface area contributed by atoms with Crippen LogP contribution in [-0.4, -0.2) is 43.3 Å². The lowest BCUT2D eigenvalue weighted by molar-refractivity contribution is -0.155. The number of amides is 1. The predicted molar refractivity (Wildman–Crippen MR) is 97.1 cm³/mol. The lowest BCUT2D eigenvalue weighted by Gasteiger charge is -2.52. The Morgan fingerprint density at radius 2 is 2.04 bits per heavy atom. The molecule has 2 aliphatic rings. The third-order valence-electron chi connectivity index (χ3n) is 6.09. The van der Waals surface area contributed by atoms with Crippen LogP contribution >= 0.6 is 0 Å². The molecule has 1 aliphatic heterocycles. The molecule has 1 aliphatic carbocycles. The molecule has 0 bridgehead atoms. The highest BCUT2D eigenvalue weighted by molar-refractivity contribution is 5.76. The number of hydrogen-bond donors (Lipinski definition) is 1. The minimum absolute atomic E-state index is 0.114. The summed E-state index contributed by atoms with van der Waals surface area (Å²) in [4.78, 5) is 18.8. The Morgan fingerprint density at radius 3 is 2.81 bits per heavy atom. The van der Waals surface area contributed by atoms with Gasteiger partial charge in [-0.15, -0.1) is 0 Å². The summed E-state index contributed by atoms with van der Waals surface area (Å²) in [6.45, 7) is 1.17. The number of benzene rings is 1. The number of likely N-dealkylation sites (tertiary alicyclic amines) is 1. The molecule has 0 spiro atoms. The molecule has 0 unspecified atom stereocenters. The molecule has 2 aromatic rings. The fourth-order valence-corrected chi connectivity index (χ4v) is 4.78. The van der Waals surface area contributed by atoms with Crippen molar-refractivity contribution in [3.63, 3.8) is 0 Å². The standard InChI is InChI=1S/C20H26N4O2/c25-19(10-12-23-15-21-14-22-23)24-13-11-20(26,16-6-2-1-3-7-16)17-8-4-5-9-18(17)24/h1-3,6-7,14-15,17-18,26H,4-5,8-13H2/t17-,18-,20+/m1/s1. The van der Waals surface area contributed by atoms with Crippen molar-refractivity contribution in [1.82, 2.24) is 19.7 Å². The number of carbonyl (C=O) groups excluding carboxylic acids is 1. The molecule has 1 saturated carbocycles. The highest BCUT2D eigenvalue weighted by Gasteiger charge is 2.50. The van der Waals surface area contributed by atoms with Crippen molar-refractivity contribution in [2.45, 2.75) is 56.7 Å². The molecule has 6 heteroatoms. The maximum atomic E-state index is 12.9. The zero-order valence-corrected chi connectivity index (χ0v) is 15.0. The first-order valence-corrected chi connectivity index (χ1v) is 9.58. The Hall–Kier alpha value is -2.21. The van der Waals surface area contributed by atoms with Gasteiger partial charge in [-0.05, 0) is 24.8 Å². The molecule has 3 atom stereocenters. The molecule has 1 N–H and O–H groups in total. The van der Waals surface area contributed by atoms with Gasteiger partial charge in [-0.3, -0.25) is 9.48 Å². The third-order valence-corrected chi connectivity index (χ3v) is 6.09. The second-order valence-electron chi connectivity index (χ2n) is 7.49. The third kappa shape index (κ3) is 3.14. The molecule has 0 radical (unpaired) electrons. The fraction of sp³-hybridized carbons (Fsp3) is 0.550. The van der Waals surface area contributed by atoms with Crippen LogP contribution in [0.5, 0.6) is 0 Å². The molecule has 26 heavy (non-hydrogen) atoms. The molecule has 2 heterocycles. The van der Waals surface area contributed by atoms with E-state index in [0.717, 1.165) is 31.2 Å². The number of aryl methyl sites for hydroxylation is 1. The lowest BCUT2D eigenvalue weighted by atomic mass is 9.66. The van der Waals surface area contributed by atoms with E-state index in [4.69, 9.17) is 0 Å². The van der Waals surface area contributed by atoms with Crippen molar-refractivity contribution in [1.29, 1.82) is 0 Å². The first kappa shape index (κ1) is 17.2. The van der Waals surface area contributed by atoms with E-state index in [1.807, 2.05) is 35.2 Å². The van der Waals surface area contributed by atoms with E-state index in [9.17, 15) is 9.90 Å².